The highest BCUT2D eigenvalue weighted by molar-refractivity contribution is 5.86. The molecular formula is C20H21F2N. The summed E-state index contributed by atoms with van der Waals surface area (Å²) >= 11 is 0. The highest BCUT2D eigenvalue weighted by Gasteiger charge is 2.21. The molecule has 0 N–H and O–H groups in total. The molecule has 2 aromatic carbocycles. The van der Waals surface area contributed by atoms with Crippen molar-refractivity contribution in [3.8, 4) is 6.07 Å². The second-order valence-corrected chi connectivity index (χ2v) is 6.61. The van der Waals surface area contributed by atoms with Crippen LogP contribution in [0, 0.1) is 28.9 Å². The normalized spacial score (nSPS) is 17.0. The van der Waals surface area contributed by atoms with Gasteiger partial charge in [0.2, 0.25) is 0 Å². The van der Waals surface area contributed by atoms with Crippen LogP contribution in [0.15, 0.2) is 18.2 Å². The van der Waals surface area contributed by atoms with Crippen molar-refractivity contribution < 1.29 is 8.78 Å². The maximum Gasteiger partial charge on any atom is 0.151 e. The summed E-state index contributed by atoms with van der Waals surface area (Å²) in [5.74, 6) is -0.817. The lowest BCUT2D eigenvalue weighted by atomic mass is 9.80. The lowest BCUT2D eigenvalue weighted by Gasteiger charge is -2.25. The lowest BCUT2D eigenvalue weighted by molar-refractivity contribution is 0.408. The van der Waals surface area contributed by atoms with E-state index in [1.807, 2.05) is 12.1 Å². The van der Waals surface area contributed by atoms with Crippen LogP contribution in [0.25, 0.3) is 10.8 Å². The van der Waals surface area contributed by atoms with Crippen LogP contribution >= 0.6 is 0 Å². The predicted molar refractivity (Wildman–Crippen MR) is 88.2 cm³/mol. The summed E-state index contributed by atoms with van der Waals surface area (Å²) in [6.07, 6.45) is 8.08. The average Bonchev–Trinajstić information content (AvgIpc) is 2.54. The Morgan fingerprint density at radius 1 is 1.17 bits per heavy atom. The van der Waals surface area contributed by atoms with Crippen molar-refractivity contribution >= 4 is 10.8 Å². The standard InChI is InChI=1S/C20H21F2N/c1-2-3-4-5-13-6-7-14-10-17-16(9-15(14)8-13)11-19(21)18(12-23)20(17)22/h9-11,13H,2-8H2,1H3. The molecule has 1 aliphatic rings. The molecule has 120 valence electrons. The van der Waals surface area contributed by atoms with E-state index in [1.165, 1.54) is 37.3 Å². The Hall–Kier alpha value is -1.95. The second-order valence-electron chi connectivity index (χ2n) is 6.61. The fourth-order valence-electron chi connectivity index (χ4n) is 3.69. The Kier molecular flexibility index (Phi) is 4.61. The Bertz CT molecular complexity index is 774. The number of hydrogen-bond acceptors (Lipinski definition) is 1. The molecule has 0 aromatic heterocycles. The number of benzene rings is 2. The first-order valence-electron chi connectivity index (χ1n) is 8.47. The van der Waals surface area contributed by atoms with Crippen LogP contribution in [-0.2, 0) is 12.8 Å². The fraction of sp³-hybridized carbons (Fsp3) is 0.450. The Morgan fingerprint density at radius 3 is 2.74 bits per heavy atom. The van der Waals surface area contributed by atoms with Crippen molar-refractivity contribution in [2.75, 3.05) is 0 Å². The molecule has 0 radical (unpaired) electrons. The van der Waals surface area contributed by atoms with E-state index >= 15 is 0 Å². The highest BCUT2D eigenvalue weighted by Crippen LogP contribution is 2.33. The third-order valence-electron chi connectivity index (χ3n) is 5.01. The topological polar surface area (TPSA) is 23.8 Å². The first-order valence-corrected chi connectivity index (χ1v) is 8.47. The molecule has 0 bridgehead atoms. The molecule has 1 unspecified atom stereocenters. The van der Waals surface area contributed by atoms with E-state index < -0.39 is 17.2 Å². The molecule has 0 spiro atoms. The summed E-state index contributed by atoms with van der Waals surface area (Å²) in [4.78, 5) is 0. The average molecular weight is 313 g/mol. The van der Waals surface area contributed by atoms with Crippen LogP contribution in [0.5, 0.6) is 0 Å². The number of nitrogens with zero attached hydrogens (tertiary/aromatic N) is 1. The van der Waals surface area contributed by atoms with Gasteiger partial charge in [0.25, 0.3) is 0 Å². The van der Waals surface area contributed by atoms with Crippen molar-refractivity contribution in [2.45, 2.75) is 51.9 Å². The molecule has 0 aliphatic heterocycles. The van der Waals surface area contributed by atoms with Gasteiger partial charge in [0, 0.05) is 5.39 Å². The smallest absolute Gasteiger partial charge is 0.151 e. The van der Waals surface area contributed by atoms with Gasteiger partial charge in [-0.1, -0.05) is 38.7 Å². The summed E-state index contributed by atoms with van der Waals surface area (Å²) in [6, 6.07) is 6.65. The molecule has 0 saturated carbocycles. The first-order chi connectivity index (χ1) is 11.1. The Balaban J connectivity index is 1.94. The number of hydrogen-bond donors (Lipinski definition) is 0. The minimum atomic E-state index is -0.771. The van der Waals surface area contributed by atoms with Gasteiger partial charge in [-0.3, -0.25) is 0 Å². The summed E-state index contributed by atoms with van der Waals surface area (Å²) < 4.78 is 28.2. The van der Waals surface area contributed by atoms with Gasteiger partial charge < -0.3 is 0 Å². The third-order valence-corrected chi connectivity index (χ3v) is 5.01. The van der Waals surface area contributed by atoms with Crippen LogP contribution < -0.4 is 0 Å². The highest BCUT2D eigenvalue weighted by atomic mass is 19.1. The summed E-state index contributed by atoms with van der Waals surface area (Å²) in [7, 11) is 0. The Morgan fingerprint density at radius 2 is 2.00 bits per heavy atom. The van der Waals surface area contributed by atoms with E-state index in [2.05, 4.69) is 6.92 Å². The van der Waals surface area contributed by atoms with Crippen LogP contribution in [0.1, 0.15) is 55.7 Å². The Labute approximate surface area is 135 Å². The van der Waals surface area contributed by atoms with Gasteiger partial charge in [-0.05, 0) is 53.8 Å². The van der Waals surface area contributed by atoms with Gasteiger partial charge in [0.1, 0.15) is 17.4 Å². The molecule has 1 nitrogen and oxygen atoms in total. The third kappa shape index (κ3) is 3.08. The SMILES string of the molecule is CCCCCC1CCc2cc3c(F)c(C#N)c(F)cc3cc2C1. The molecule has 3 heteroatoms. The van der Waals surface area contributed by atoms with Crippen molar-refractivity contribution in [1.82, 2.24) is 0 Å². The second kappa shape index (κ2) is 6.66. The van der Waals surface area contributed by atoms with E-state index in [9.17, 15) is 8.78 Å². The maximum absolute atomic E-state index is 14.3. The molecule has 0 fully saturated rings. The molecule has 3 rings (SSSR count). The predicted octanol–water partition coefficient (Wildman–Crippen LogP) is 5.67. The molecule has 0 saturated heterocycles. The number of aryl methyl sites for hydroxylation is 1. The largest absolute Gasteiger partial charge is 0.205 e. The molecule has 23 heavy (non-hydrogen) atoms. The maximum atomic E-state index is 14.3. The van der Waals surface area contributed by atoms with Crippen LogP contribution in [0.2, 0.25) is 0 Å². The van der Waals surface area contributed by atoms with Crippen molar-refractivity contribution in [3.05, 3.63) is 46.5 Å². The summed E-state index contributed by atoms with van der Waals surface area (Å²) in [5.41, 5.74) is 1.89. The van der Waals surface area contributed by atoms with Crippen LogP contribution in [-0.4, -0.2) is 0 Å². The van der Waals surface area contributed by atoms with Crippen LogP contribution in [0.4, 0.5) is 8.78 Å². The number of rotatable bonds is 4. The zero-order valence-electron chi connectivity index (χ0n) is 13.5. The van der Waals surface area contributed by atoms with Crippen LogP contribution in [0.3, 0.4) is 0 Å². The molecule has 0 amide bonds. The minimum Gasteiger partial charge on any atom is -0.205 e. The van der Waals surface area contributed by atoms with Crippen molar-refractivity contribution in [3.63, 3.8) is 0 Å². The summed E-state index contributed by atoms with van der Waals surface area (Å²) in [5, 5.41) is 9.83. The van der Waals surface area contributed by atoms with Gasteiger partial charge in [-0.15, -0.1) is 0 Å². The minimum absolute atomic E-state index is 0.367. The van der Waals surface area contributed by atoms with Gasteiger partial charge >= 0.3 is 0 Å². The van der Waals surface area contributed by atoms with Gasteiger partial charge in [0.15, 0.2) is 5.82 Å². The molecule has 1 atom stereocenters. The van der Waals surface area contributed by atoms with Gasteiger partial charge in [0.05, 0.1) is 0 Å². The number of unbranched alkanes of at least 4 members (excludes halogenated alkanes) is 2. The van der Waals surface area contributed by atoms with E-state index in [-0.39, 0.29) is 0 Å². The number of halogens is 2. The van der Waals surface area contributed by atoms with Crippen molar-refractivity contribution in [1.29, 1.82) is 5.26 Å². The number of fused-ring (bicyclic) bond motifs is 2. The van der Waals surface area contributed by atoms with E-state index in [0.717, 1.165) is 24.8 Å². The zero-order valence-corrected chi connectivity index (χ0v) is 13.5. The zero-order chi connectivity index (χ0) is 16.4. The first kappa shape index (κ1) is 15.9. The van der Waals surface area contributed by atoms with E-state index in [4.69, 9.17) is 5.26 Å². The molecule has 0 heterocycles. The van der Waals surface area contributed by atoms with Crippen molar-refractivity contribution in [2.24, 2.45) is 5.92 Å². The van der Waals surface area contributed by atoms with Gasteiger partial charge in [-0.25, -0.2) is 8.78 Å². The quantitative estimate of drug-likeness (QED) is 0.667. The monoisotopic (exact) mass is 313 g/mol. The lowest BCUT2D eigenvalue weighted by Crippen LogP contribution is -2.14. The molecule has 2 aromatic rings. The fourth-order valence-corrected chi connectivity index (χ4v) is 3.69. The number of nitriles is 1. The van der Waals surface area contributed by atoms with E-state index in [0.29, 0.717) is 16.7 Å². The molecular weight excluding hydrogens is 292 g/mol. The molecule has 1 aliphatic carbocycles. The van der Waals surface area contributed by atoms with Gasteiger partial charge in [-0.2, -0.15) is 5.26 Å². The van der Waals surface area contributed by atoms with E-state index in [1.54, 1.807) is 6.07 Å². The summed E-state index contributed by atoms with van der Waals surface area (Å²) in [6.45, 7) is 2.21.